The molecular formula is C14H20BrNO3. The van der Waals surface area contributed by atoms with Crippen LogP contribution in [0, 0.1) is 5.41 Å². The fraction of sp³-hybridized carbons (Fsp3) is 0.500. The molecule has 0 atom stereocenters. The third kappa shape index (κ3) is 4.51. The Morgan fingerprint density at radius 1 is 1.42 bits per heavy atom. The standard InChI is InChI=1S/C14H20BrNO3/c1-14(2,13(17)18-4)9-19-12-6-5-10(8-16-3)7-11(12)15/h5-7,16H,8-9H2,1-4H3. The van der Waals surface area contributed by atoms with Crippen LogP contribution in [0.4, 0.5) is 0 Å². The van der Waals surface area contributed by atoms with Gasteiger partial charge in [-0.05, 0) is 54.5 Å². The van der Waals surface area contributed by atoms with Crippen LogP contribution in [-0.2, 0) is 16.1 Å². The molecular weight excluding hydrogens is 310 g/mol. The summed E-state index contributed by atoms with van der Waals surface area (Å²) in [7, 11) is 3.28. The number of rotatable bonds is 6. The predicted molar refractivity (Wildman–Crippen MR) is 78.2 cm³/mol. The number of methoxy groups -OCH3 is 1. The van der Waals surface area contributed by atoms with E-state index in [4.69, 9.17) is 9.47 Å². The number of esters is 1. The number of hydrogen-bond donors (Lipinski definition) is 1. The van der Waals surface area contributed by atoms with Crippen LogP contribution in [0.15, 0.2) is 22.7 Å². The number of ether oxygens (including phenoxy) is 2. The van der Waals surface area contributed by atoms with E-state index in [-0.39, 0.29) is 12.6 Å². The second-order valence-electron chi connectivity index (χ2n) is 4.96. The molecule has 0 heterocycles. The van der Waals surface area contributed by atoms with Gasteiger partial charge in [0, 0.05) is 6.54 Å². The van der Waals surface area contributed by atoms with Crippen molar-refractivity contribution in [2.24, 2.45) is 5.41 Å². The van der Waals surface area contributed by atoms with Crippen molar-refractivity contribution in [2.75, 3.05) is 20.8 Å². The van der Waals surface area contributed by atoms with Gasteiger partial charge in [0.25, 0.3) is 0 Å². The molecule has 0 bridgehead atoms. The molecule has 0 aliphatic rings. The molecule has 4 nitrogen and oxygen atoms in total. The molecule has 1 aromatic carbocycles. The molecule has 0 saturated heterocycles. The summed E-state index contributed by atoms with van der Waals surface area (Å²) in [5.41, 5.74) is 0.492. The monoisotopic (exact) mass is 329 g/mol. The van der Waals surface area contributed by atoms with Crippen LogP contribution in [0.3, 0.4) is 0 Å². The minimum atomic E-state index is -0.669. The molecule has 0 unspecified atom stereocenters. The maximum atomic E-state index is 11.6. The van der Waals surface area contributed by atoms with E-state index in [9.17, 15) is 4.79 Å². The maximum Gasteiger partial charge on any atom is 0.314 e. The summed E-state index contributed by atoms with van der Waals surface area (Å²) in [6.07, 6.45) is 0. The Bertz CT molecular complexity index is 446. The van der Waals surface area contributed by atoms with Crippen molar-refractivity contribution in [1.82, 2.24) is 5.32 Å². The first kappa shape index (κ1) is 16.0. The van der Waals surface area contributed by atoms with Crippen LogP contribution in [0.5, 0.6) is 5.75 Å². The molecule has 1 rings (SSSR count). The van der Waals surface area contributed by atoms with Gasteiger partial charge in [0.1, 0.15) is 12.4 Å². The fourth-order valence-corrected chi connectivity index (χ4v) is 2.11. The average Bonchev–Trinajstić information content (AvgIpc) is 2.37. The molecule has 5 heteroatoms. The Labute approximate surface area is 122 Å². The Balaban J connectivity index is 2.70. The predicted octanol–water partition coefficient (Wildman–Crippen LogP) is 2.75. The first-order chi connectivity index (χ1) is 8.90. The minimum Gasteiger partial charge on any atom is -0.491 e. The Hall–Kier alpha value is -1.07. The number of benzene rings is 1. The molecule has 1 aromatic rings. The van der Waals surface area contributed by atoms with Crippen molar-refractivity contribution in [3.8, 4) is 5.75 Å². The molecule has 0 saturated carbocycles. The summed E-state index contributed by atoms with van der Waals surface area (Å²) in [5, 5.41) is 3.09. The highest BCUT2D eigenvalue weighted by atomic mass is 79.9. The van der Waals surface area contributed by atoms with Gasteiger partial charge < -0.3 is 14.8 Å². The molecule has 0 fully saturated rings. The molecule has 0 aliphatic heterocycles. The lowest BCUT2D eigenvalue weighted by atomic mass is 9.95. The summed E-state index contributed by atoms with van der Waals surface area (Å²) in [6, 6.07) is 5.88. The molecule has 106 valence electrons. The summed E-state index contributed by atoms with van der Waals surface area (Å²) < 4.78 is 11.3. The Kier molecular flexibility index (Phi) is 5.82. The van der Waals surface area contributed by atoms with Gasteiger partial charge in [-0.2, -0.15) is 0 Å². The van der Waals surface area contributed by atoms with Gasteiger partial charge in [0.2, 0.25) is 0 Å². The SMILES string of the molecule is CNCc1ccc(OCC(C)(C)C(=O)OC)c(Br)c1. The number of carbonyl (C=O) groups is 1. The maximum absolute atomic E-state index is 11.6. The third-order valence-electron chi connectivity index (χ3n) is 2.70. The van der Waals surface area contributed by atoms with Crippen LogP contribution in [-0.4, -0.2) is 26.7 Å². The highest BCUT2D eigenvalue weighted by Gasteiger charge is 2.29. The Morgan fingerprint density at radius 3 is 2.63 bits per heavy atom. The summed E-state index contributed by atoms with van der Waals surface area (Å²) in [4.78, 5) is 11.6. The zero-order chi connectivity index (χ0) is 14.5. The van der Waals surface area contributed by atoms with Crippen molar-refractivity contribution in [3.63, 3.8) is 0 Å². The highest BCUT2D eigenvalue weighted by molar-refractivity contribution is 9.10. The normalized spacial score (nSPS) is 11.2. The first-order valence-electron chi connectivity index (χ1n) is 6.05. The minimum absolute atomic E-state index is 0.268. The van der Waals surface area contributed by atoms with E-state index in [0.717, 1.165) is 22.3 Å². The van der Waals surface area contributed by atoms with E-state index in [1.807, 2.05) is 25.2 Å². The number of halogens is 1. The van der Waals surface area contributed by atoms with Crippen LogP contribution in [0.1, 0.15) is 19.4 Å². The van der Waals surface area contributed by atoms with E-state index in [2.05, 4.69) is 21.2 Å². The van der Waals surface area contributed by atoms with E-state index in [1.165, 1.54) is 7.11 Å². The third-order valence-corrected chi connectivity index (χ3v) is 3.32. The Morgan fingerprint density at radius 2 is 2.11 bits per heavy atom. The summed E-state index contributed by atoms with van der Waals surface area (Å²) in [5.74, 6) is 0.437. The van der Waals surface area contributed by atoms with Crippen molar-refractivity contribution >= 4 is 21.9 Å². The van der Waals surface area contributed by atoms with Crippen LogP contribution in [0.2, 0.25) is 0 Å². The zero-order valence-corrected chi connectivity index (χ0v) is 13.3. The van der Waals surface area contributed by atoms with Crippen LogP contribution < -0.4 is 10.1 Å². The van der Waals surface area contributed by atoms with Crippen molar-refractivity contribution < 1.29 is 14.3 Å². The zero-order valence-electron chi connectivity index (χ0n) is 11.7. The number of carbonyl (C=O) groups excluding carboxylic acids is 1. The second kappa shape index (κ2) is 6.91. The first-order valence-corrected chi connectivity index (χ1v) is 6.84. The van der Waals surface area contributed by atoms with Gasteiger partial charge in [-0.3, -0.25) is 4.79 Å². The molecule has 0 amide bonds. The lowest BCUT2D eigenvalue weighted by Crippen LogP contribution is -2.32. The van der Waals surface area contributed by atoms with Gasteiger partial charge in [0.15, 0.2) is 0 Å². The fourth-order valence-electron chi connectivity index (χ4n) is 1.57. The molecule has 0 aliphatic carbocycles. The van der Waals surface area contributed by atoms with Crippen molar-refractivity contribution in [2.45, 2.75) is 20.4 Å². The summed E-state index contributed by atoms with van der Waals surface area (Å²) in [6.45, 7) is 4.65. The smallest absolute Gasteiger partial charge is 0.314 e. The van der Waals surface area contributed by atoms with E-state index in [0.29, 0.717) is 0 Å². The lowest BCUT2D eigenvalue weighted by Gasteiger charge is -2.22. The molecule has 0 radical (unpaired) electrons. The van der Waals surface area contributed by atoms with Gasteiger partial charge in [-0.15, -0.1) is 0 Å². The van der Waals surface area contributed by atoms with Crippen molar-refractivity contribution in [3.05, 3.63) is 28.2 Å². The van der Waals surface area contributed by atoms with Crippen molar-refractivity contribution in [1.29, 1.82) is 0 Å². The van der Waals surface area contributed by atoms with Crippen LogP contribution in [0.25, 0.3) is 0 Å². The largest absolute Gasteiger partial charge is 0.491 e. The topological polar surface area (TPSA) is 47.6 Å². The average molecular weight is 330 g/mol. The molecule has 0 spiro atoms. The van der Waals surface area contributed by atoms with E-state index >= 15 is 0 Å². The highest BCUT2D eigenvalue weighted by Crippen LogP contribution is 2.28. The summed E-state index contributed by atoms with van der Waals surface area (Å²) >= 11 is 3.47. The molecule has 0 aromatic heterocycles. The lowest BCUT2D eigenvalue weighted by molar-refractivity contribution is -0.152. The van der Waals surface area contributed by atoms with E-state index in [1.54, 1.807) is 13.8 Å². The van der Waals surface area contributed by atoms with Gasteiger partial charge in [-0.1, -0.05) is 6.07 Å². The second-order valence-corrected chi connectivity index (χ2v) is 5.81. The number of hydrogen-bond acceptors (Lipinski definition) is 4. The van der Waals surface area contributed by atoms with Gasteiger partial charge in [0.05, 0.1) is 17.0 Å². The molecule has 1 N–H and O–H groups in total. The quantitative estimate of drug-likeness (QED) is 0.815. The molecule has 19 heavy (non-hydrogen) atoms. The van der Waals surface area contributed by atoms with E-state index < -0.39 is 5.41 Å². The van der Waals surface area contributed by atoms with Crippen LogP contribution >= 0.6 is 15.9 Å². The van der Waals surface area contributed by atoms with Gasteiger partial charge >= 0.3 is 5.97 Å². The number of nitrogens with one attached hydrogen (secondary N) is 1. The van der Waals surface area contributed by atoms with Gasteiger partial charge in [-0.25, -0.2) is 0 Å².